The minimum Gasteiger partial charge on any atom is -0.354 e. The number of sulfonamides is 1. The standard InChI is InChI=1S/C18H28N2O3S2/c1-15-8-10-16(11-9-15)20(25(2,22)23)14-18(21)19-12-13-24-17-6-4-3-5-7-17/h8-11,17H,3-7,12-14H2,1-2H3,(H,19,21). The molecule has 0 radical (unpaired) electrons. The molecule has 1 N–H and O–H groups in total. The van der Waals surface area contributed by atoms with Crippen molar-refractivity contribution in [2.45, 2.75) is 44.3 Å². The molecule has 7 heteroatoms. The Hall–Kier alpha value is -1.21. The number of carbonyl (C=O) groups is 1. The lowest BCUT2D eigenvalue weighted by atomic mass is 10.0. The molecule has 0 heterocycles. The molecule has 1 aliphatic carbocycles. The number of anilines is 1. The van der Waals surface area contributed by atoms with Gasteiger partial charge in [-0.3, -0.25) is 9.10 Å². The van der Waals surface area contributed by atoms with Crippen LogP contribution in [0.5, 0.6) is 0 Å². The summed E-state index contributed by atoms with van der Waals surface area (Å²) in [6.07, 6.45) is 7.63. The molecule has 140 valence electrons. The number of carbonyl (C=O) groups excluding carboxylic acids is 1. The van der Waals surface area contributed by atoms with Gasteiger partial charge in [0.25, 0.3) is 0 Å². The van der Waals surface area contributed by atoms with E-state index in [9.17, 15) is 13.2 Å². The van der Waals surface area contributed by atoms with E-state index in [4.69, 9.17) is 0 Å². The number of hydrogen-bond acceptors (Lipinski definition) is 4. The molecule has 0 spiro atoms. The summed E-state index contributed by atoms with van der Waals surface area (Å²) >= 11 is 1.92. The van der Waals surface area contributed by atoms with Crippen molar-refractivity contribution in [1.29, 1.82) is 0 Å². The van der Waals surface area contributed by atoms with Gasteiger partial charge in [0.2, 0.25) is 15.9 Å². The van der Waals surface area contributed by atoms with Gasteiger partial charge in [-0.1, -0.05) is 37.0 Å². The number of amides is 1. The van der Waals surface area contributed by atoms with E-state index in [2.05, 4.69) is 5.32 Å². The summed E-state index contributed by atoms with van der Waals surface area (Å²) in [5, 5.41) is 3.55. The maximum atomic E-state index is 12.2. The van der Waals surface area contributed by atoms with Crippen LogP contribution in [0.2, 0.25) is 0 Å². The van der Waals surface area contributed by atoms with Gasteiger partial charge in [0.1, 0.15) is 6.54 Å². The monoisotopic (exact) mass is 384 g/mol. The highest BCUT2D eigenvalue weighted by Gasteiger charge is 2.20. The molecule has 1 aromatic rings. The molecule has 2 rings (SSSR count). The number of hydrogen-bond donors (Lipinski definition) is 1. The molecular weight excluding hydrogens is 356 g/mol. The lowest BCUT2D eigenvalue weighted by Crippen LogP contribution is -2.41. The van der Waals surface area contributed by atoms with Crippen LogP contribution in [0.4, 0.5) is 5.69 Å². The molecule has 1 amide bonds. The quantitative estimate of drug-likeness (QED) is 0.700. The van der Waals surface area contributed by atoms with Crippen molar-refractivity contribution in [2.75, 3.05) is 29.4 Å². The Morgan fingerprint density at radius 2 is 1.84 bits per heavy atom. The number of aryl methyl sites for hydroxylation is 1. The van der Waals surface area contributed by atoms with Crippen LogP contribution in [-0.2, 0) is 14.8 Å². The Morgan fingerprint density at radius 1 is 1.20 bits per heavy atom. The average Bonchev–Trinajstić information content (AvgIpc) is 2.57. The van der Waals surface area contributed by atoms with Gasteiger partial charge in [-0.2, -0.15) is 11.8 Å². The van der Waals surface area contributed by atoms with Crippen LogP contribution in [0.3, 0.4) is 0 Å². The van der Waals surface area contributed by atoms with Crippen molar-refractivity contribution in [3.63, 3.8) is 0 Å². The van der Waals surface area contributed by atoms with Crippen molar-refractivity contribution in [3.05, 3.63) is 29.8 Å². The van der Waals surface area contributed by atoms with Gasteiger partial charge in [0.15, 0.2) is 0 Å². The minimum absolute atomic E-state index is 0.185. The lowest BCUT2D eigenvalue weighted by Gasteiger charge is -2.23. The first-order chi connectivity index (χ1) is 11.9. The Labute approximate surface area is 155 Å². The normalized spacial score (nSPS) is 15.8. The molecule has 0 aliphatic heterocycles. The molecule has 1 aromatic carbocycles. The predicted molar refractivity (Wildman–Crippen MR) is 106 cm³/mol. The maximum absolute atomic E-state index is 12.2. The highest BCUT2D eigenvalue weighted by Crippen LogP contribution is 2.27. The first-order valence-corrected chi connectivity index (χ1v) is 11.7. The van der Waals surface area contributed by atoms with Crippen LogP contribution in [-0.4, -0.2) is 44.7 Å². The van der Waals surface area contributed by atoms with Gasteiger partial charge in [-0.15, -0.1) is 0 Å². The molecule has 1 saturated carbocycles. The van der Waals surface area contributed by atoms with E-state index in [0.717, 1.165) is 21.9 Å². The third-order valence-corrected chi connectivity index (χ3v) is 6.86. The van der Waals surface area contributed by atoms with Crippen molar-refractivity contribution in [1.82, 2.24) is 5.32 Å². The lowest BCUT2D eigenvalue weighted by molar-refractivity contribution is -0.119. The summed E-state index contributed by atoms with van der Waals surface area (Å²) in [6.45, 7) is 2.33. The summed E-state index contributed by atoms with van der Waals surface area (Å²) in [7, 11) is -3.51. The summed E-state index contributed by atoms with van der Waals surface area (Å²) in [5.41, 5.74) is 1.56. The average molecular weight is 385 g/mol. The maximum Gasteiger partial charge on any atom is 0.240 e. The van der Waals surface area contributed by atoms with E-state index in [1.165, 1.54) is 32.1 Å². The Morgan fingerprint density at radius 3 is 2.44 bits per heavy atom. The Bertz CT molecular complexity index is 653. The van der Waals surface area contributed by atoms with Crippen LogP contribution in [0.1, 0.15) is 37.7 Å². The molecule has 0 atom stereocenters. The summed E-state index contributed by atoms with van der Waals surface area (Å²) < 4.78 is 25.2. The fraction of sp³-hybridized carbons (Fsp3) is 0.611. The van der Waals surface area contributed by atoms with Crippen molar-refractivity contribution >= 4 is 33.4 Å². The van der Waals surface area contributed by atoms with Crippen LogP contribution in [0.15, 0.2) is 24.3 Å². The van der Waals surface area contributed by atoms with E-state index >= 15 is 0 Å². The number of rotatable bonds is 8. The van der Waals surface area contributed by atoms with Crippen LogP contribution in [0, 0.1) is 6.92 Å². The zero-order chi connectivity index (χ0) is 18.3. The van der Waals surface area contributed by atoms with Gasteiger partial charge in [-0.05, 0) is 31.9 Å². The highest BCUT2D eigenvalue weighted by molar-refractivity contribution is 7.99. The number of nitrogens with zero attached hydrogens (tertiary/aromatic N) is 1. The Balaban J connectivity index is 1.82. The predicted octanol–water partition coefficient (Wildman–Crippen LogP) is 2.94. The Kier molecular flexibility index (Phi) is 7.62. The minimum atomic E-state index is -3.51. The fourth-order valence-electron chi connectivity index (χ4n) is 2.95. The van der Waals surface area contributed by atoms with E-state index in [1.54, 1.807) is 12.1 Å². The van der Waals surface area contributed by atoms with Crippen molar-refractivity contribution < 1.29 is 13.2 Å². The zero-order valence-electron chi connectivity index (χ0n) is 15.0. The molecule has 0 saturated heterocycles. The largest absolute Gasteiger partial charge is 0.354 e. The van der Waals surface area contributed by atoms with Gasteiger partial charge >= 0.3 is 0 Å². The zero-order valence-corrected chi connectivity index (χ0v) is 16.7. The van der Waals surface area contributed by atoms with Crippen molar-refractivity contribution in [3.8, 4) is 0 Å². The number of benzene rings is 1. The smallest absolute Gasteiger partial charge is 0.240 e. The van der Waals surface area contributed by atoms with Crippen LogP contribution in [0.25, 0.3) is 0 Å². The van der Waals surface area contributed by atoms with Crippen LogP contribution >= 0.6 is 11.8 Å². The first-order valence-electron chi connectivity index (χ1n) is 8.79. The molecule has 0 bridgehead atoms. The second-order valence-electron chi connectivity index (χ2n) is 6.59. The van der Waals surface area contributed by atoms with E-state index in [-0.39, 0.29) is 12.5 Å². The molecule has 1 aliphatic rings. The second kappa shape index (κ2) is 9.48. The highest BCUT2D eigenvalue weighted by atomic mass is 32.2. The molecule has 0 aromatic heterocycles. The molecule has 0 unspecified atom stereocenters. The molecular formula is C18H28N2O3S2. The topological polar surface area (TPSA) is 66.5 Å². The van der Waals surface area contributed by atoms with Crippen LogP contribution < -0.4 is 9.62 Å². The third-order valence-electron chi connectivity index (χ3n) is 4.34. The van der Waals surface area contributed by atoms with Gasteiger partial charge in [0, 0.05) is 17.5 Å². The van der Waals surface area contributed by atoms with Gasteiger partial charge in [0.05, 0.1) is 11.9 Å². The molecule has 1 fully saturated rings. The van der Waals surface area contributed by atoms with Crippen molar-refractivity contribution in [2.24, 2.45) is 0 Å². The van der Waals surface area contributed by atoms with Gasteiger partial charge < -0.3 is 5.32 Å². The summed E-state index contributed by atoms with van der Waals surface area (Å²) in [5.74, 6) is 0.607. The summed E-state index contributed by atoms with van der Waals surface area (Å²) in [4.78, 5) is 12.2. The number of nitrogens with one attached hydrogen (secondary N) is 1. The molecule has 5 nitrogen and oxygen atoms in total. The van der Waals surface area contributed by atoms with E-state index in [1.807, 2.05) is 30.8 Å². The fourth-order valence-corrected chi connectivity index (χ4v) is 5.02. The van der Waals surface area contributed by atoms with E-state index < -0.39 is 10.0 Å². The number of thioether (sulfide) groups is 1. The summed E-state index contributed by atoms with van der Waals surface area (Å²) in [6, 6.07) is 7.13. The molecule has 25 heavy (non-hydrogen) atoms. The van der Waals surface area contributed by atoms with Gasteiger partial charge in [-0.25, -0.2) is 8.42 Å². The second-order valence-corrected chi connectivity index (χ2v) is 9.90. The first kappa shape index (κ1) is 20.1. The SMILES string of the molecule is Cc1ccc(N(CC(=O)NCCSC2CCCCC2)S(C)(=O)=O)cc1. The van der Waals surface area contributed by atoms with E-state index in [0.29, 0.717) is 17.5 Å². The third kappa shape index (κ3) is 6.90.